The van der Waals surface area contributed by atoms with Crippen molar-refractivity contribution in [3.8, 4) is 0 Å². The summed E-state index contributed by atoms with van der Waals surface area (Å²) in [6.45, 7) is 0. The van der Waals surface area contributed by atoms with Crippen LogP contribution < -0.4 is 0 Å². The first-order valence-corrected chi connectivity index (χ1v) is 0. The Hall–Kier alpha value is 1.81. The normalized spacial score (nSPS) is 0. The monoisotopic (exact) mass is 308 g/mol. The number of hydrogen-bond acceptors (Lipinski definition) is 0. The van der Waals surface area contributed by atoms with Crippen molar-refractivity contribution in [3.05, 3.63) is 0 Å². The van der Waals surface area contributed by atoms with Crippen LogP contribution in [0.2, 0.25) is 0 Å². The fourth-order valence-electron chi connectivity index (χ4n) is 0. The molecule has 0 fully saturated rings. The van der Waals surface area contributed by atoms with E-state index < -0.39 is 0 Å². The van der Waals surface area contributed by atoms with Crippen LogP contribution in [-0.2, 0) is 0 Å². The Morgan fingerprint density at radius 3 is 0.800 bits per heavy atom. The van der Waals surface area contributed by atoms with Crippen LogP contribution in [0.25, 0.3) is 0 Å². The summed E-state index contributed by atoms with van der Waals surface area (Å²) >= 11 is 0. The van der Waals surface area contributed by atoms with Crippen molar-refractivity contribution in [1.29, 1.82) is 0 Å². The summed E-state index contributed by atoms with van der Waals surface area (Å²) in [5, 5.41) is 0. The van der Waals surface area contributed by atoms with Gasteiger partial charge in [0, 0.05) is 0 Å². The van der Waals surface area contributed by atoms with E-state index >= 15 is 0 Å². The second kappa shape index (κ2) is 41.1. The van der Waals surface area contributed by atoms with Gasteiger partial charge < -0.3 is 11.0 Å². The van der Waals surface area contributed by atoms with Crippen molar-refractivity contribution >= 4 is 60.7 Å². The zero-order valence-electron chi connectivity index (χ0n) is 1.71. The molecule has 5 heavy (non-hydrogen) atoms. The van der Waals surface area contributed by atoms with Gasteiger partial charge in [-0.1, -0.05) is 0 Å². The third-order valence-electron chi connectivity index (χ3n) is 0. The zero-order chi connectivity index (χ0) is 0. The molecule has 0 saturated carbocycles. The van der Waals surface area contributed by atoms with Crippen molar-refractivity contribution in [1.82, 2.24) is 0 Å². The molecule has 2 nitrogen and oxygen atoms in total. The van der Waals surface area contributed by atoms with Crippen LogP contribution in [-0.4, -0.2) is 71.7 Å². The molecule has 0 aliphatic carbocycles. The second-order valence-corrected chi connectivity index (χ2v) is 0. The molecule has 0 atom stereocenters. The van der Waals surface area contributed by atoms with Gasteiger partial charge in [-0.05, 0) is 11.0 Å². The molecule has 36 valence electrons. The Morgan fingerprint density at radius 2 is 0.800 bits per heavy atom. The Balaban J connectivity index is 0. The summed E-state index contributed by atoms with van der Waals surface area (Å²) in [4.78, 5) is 0. The molecule has 5 heteroatoms. The summed E-state index contributed by atoms with van der Waals surface area (Å²) < 4.78 is 0. The average Bonchev–Trinajstić information content (AvgIpc) is 0. The van der Waals surface area contributed by atoms with E-state index in [0.717, 1.165) is 0 Å². The summed E-state index contributed by atoms with van der Waals surface area (Å²) in [7, 11) is 0. The predicted molar refractivity (Wildman–Crippen MR) is 37.0 cm³/mol. The topological polar surface area (TPSA) is 63.0 Å². The molecular formula is H13InO2SiSn. The van der Waals surface area contributed by atoms with Gasteiger partial charge in [0.05, 0.1) is 0 Å². The van der Waals surface area contributed by atoms with Crippen LogP contribution in [0.4, 0.5) is 0 Å². The molecule has 2 radical (unpaired) electrons. The fourth-order valence-corrected chi connectivity index (χ4v) is 0. The molecule has 4 N–H and O–H groups in total. The van der Waals surface area contributed by atoms with E-state index in [1.165, 1.54) is 0 Å². The molecular weight excluding hydrogens is 294 g/mol. The van der Waals surface area contributed by atoms with Gasteiger partial charge in [-0.25, -0.2) is 0 Å². The van der Waals surface area contributed by atoms with E-state index in [0.29, 0.717) is 0 Å². The Morgan fingerprint density at radius 1 is 0.800 bits per heavy atom. The summed E-state index contributed by atoms with van der Waals surface area (Å²) in [6, 6.07) is 0. The molecule has 0 bridgehead atoms. The molecule has 0 unspecified atom stereocenters. The van der Waals surface area contributed by atoms with Gasteiger partial charge in [0.2, 0.25) is 0 Å². The molecule has 0 aromatic rings. The summed E-state index contributed by atoms with van der Waals surface area (Å²) in [5.41, 5.74) is 0. The van der Waals surface area contributed by atoms with Gasteiger partial charge in [-0.3, -0.25) is 0 Å². The van der Waals surface area contributed by atoms with Crippen LogP contribution in [0.3, 0.4) is 0 Å². The van der Waals surface area contributed by atoms with Crippen molar-refractivity contribution in [2.75, 3.05) is 0 Å². The van der Waals surface area contributed by atoms with E-state index in [-0.39, 0.29) is 71.7 Å². The molecule has 0 aliphatic heterocycles. The third kappa shape index (κ3) is 25.8. The first-order chi connectivity index (χ1) is 0. The Bertz CT molecular complexity index is 9.61. The fraction of sp³-hybridized carbons (Fsp3) is 0. The van der Waals surface area contributed by atoms with Crippen molar-refractivity contribution < 1.29 is 11.0 Å². The van der Waals surface area contributed by atoms with Gasteiger partial charge in [0.15, 0.2) is 0 Å². The van der Waals surface area contributed by atoms with Crippen molar-refractivity contribution in [2.45, 2.75) is 0 Å². The van der Waals surface area contributed by atoms with Crippen LogP contribution in [0.15, 0.2) is 0 Å². The molecule has 0 amide bonds. The molecule has 0 heterocycles. The van der Waals surface area contributed by atoms with E-state index in [2.05, 4.69) is 0 Å². The summed E-state index contributed by atoms with van der Waals surface area (Å²) in [6.07, 6.45) is 0. The summed E-state index contributed by atoms with van der Waals surface area (Å²) in [5.74, 6) is 0. The number of hydrogen-bond donors (Lipinski definition) is 0. The molecule has 0 rings (SSSR count). The maximum atomic E-state index is 0. The van der Waals surface area contributed by atoms with Crippen molar-refractivity contribution in [2.24, 2.45) is 0 Å². The minimum absolute atomic E-state index is 0. The Kier molecular flexibility index (Phi) is 579. The predicted octanol–water partition coefficient (Wildman–Crippen LogP) is -5.20. The van der Waals surface area contributed by atoms with Gasteiger partial charge in [0.25, 0.3) is 0 Å². The molecule has 0 aromatic heterocycles. The van der Waals surface area contributed by atoms with E-state index in [1.807, 2.05) is 0 Å². The quantitative estimate of drug-likeness (QED) is 0.402. The second-order valence-electron chi connectivity index (χ2n) is 0. The average molecular weight is 307 g/mol. The maximum absolute atomic E-state index is 0. The molecule has 0 spiro atoms. The first kappa shape index (κ1) is 70.4. The standard InChI is InChI=1S/In.2H2O.H4Si.Sn.5H/h;2*1H2;1H4;;;;;;. The van der Waals surface area contributed by atoms with E-state index in [4.69, 9.17) is 0 Å². The number of rotatable bonds is 0. The van der Waals surface area contributed by atoms with Crippen LogP contribution >= 0.6 is 0 Å². The van der Waals surface area contributed by atoms with Crippen LogP contribution in [0.1, 0.15) is 0 Å². The molecule has 0 saturated heterocycles. The zero-order valence-corrected chi connectivity index (χ0v) is 5.74. The third-order valence-corrected chi connectivity index (χ3v) is 0. The van der Waals surface area contributed by atoms with Gasteiger partial charge >= 0.3 is 49.8 Å². The first-order valence-electron chi connectivity index (χ1n) is 0. The minimum atomic E-state index is 0. The van der Waals surface area contributed by atoms with Crippen molar-refractivity contribution in [3.63, 3.8) is 0 Å². The van der Waals surface area contributed by atoms with Gasteiger partial charge in [0.1, 0.15) is 0 Å². The van der Waals surface area contributed by atoms with Gasteiger partial charge in [-0.2, -0.15) is 0 Å². The van der Waals surface area contributed by atoms with E-state index in [1.54, 1.807) is 0 Å². The van der Waals surface area contributed by atoms with E-state index in [9.17, 15) is 0 Å². The SMILES string of the molecule is O.O.[InH3].[SiH4].[SnH2]. The molecule has 0 aromatic carbocycles. The van der Waals surface area contributed by atoms with Crippen LogP contribution in [0.5, 0.6) is 0 Å². The van der Waals surface area contributed by atoms with Gasteiger partial charge in [-0.15, -0.1) is 0 Å². The van der Waals surface area contributed by atoms with Crippen LogP contribution in [0, 0.1) is 0 Å². The molecule has 0 aliphatic rings. The Labute approximate surface area is 71.1 Å².